The van der Waals surface area contributed by atoms with E-state index in [-0.39, 0.29) is 5.91 Å². The number of carboxylic acids is 1. The molecule has 1 rings (SSSR count). The van der Waals surface area contributed by atoms with Crippen LogP contribution in [0, 0.1) is 0 Å². The van der Waals surface area contributed by atoms with Gasteiger partial charge in [0.25, 0.3) is 5.91 Å². The largest absolute Gasteiger partial charge is 0.480 e. The van der Waals surface area contributed by atoms with Crippen molar-refractivity contribution < 1.29 is 14.7 Å². The molecule has 0 radical (unpaired) electrons. The van der Waals surface area contributed by atoms with Gasteiger partial charge in [0.15, 0.2) is 0 Å². The van der Waals surface area contributed by atoms with E-state index in [1.807, 2.05) is 6.26 Å². The molecule has 94 valence electrons. The zero-order chi connectivity index (χ0) is 12.8. The van der Waals surface area contributed by atoms with Gasteiger partial charge in [-0.2, -0.15) is 11.8 Å². The maximum absolute atomic E-state index is 11.7. The molecule has 17 heavy (non-hydrogen) atoms. The highest BCUT2D eigenvalue weighted by Gasteiger charge is 2.20. The second-order valence-electron chi connectivity index (χ2n) is 3.25. The minimum atomic E-state index is -0.997. The molecule has 0 aromatic carbocycles. The average molecular weight is 338 g/mol. The molecule has 0 aliphatic carbocycles. The average Bonchev–Trinajstić information content (AvgIpc) is 2.70. The molecule has 1 aromatic heterocycles. The number of hydrogen-bond donors (Lipinski definition) is 2. The summed E-state index contributed by atoms with van der Waals surface area (Å²) in [5, 5.41) is 11.5. The van der Waals surface area contributed by atoms with Crippen molar-refractivity contribution >= 4 is 50.9 Å². The van der Waals surface area contributed by atoms with Crippen LogP contribution in [-0.2, 0) is 4.79 Å². The quantitative estimate of drug-likeness (QED) is 0.836. The second kappa shape index (κ2) is 7.03. The molecule has 1 unspecified atom stereocenters. The Morgan fingerprint density at radius 2 is 2.29 bits per heavy atom. The summed E-state index contributed by atoms with van der Waals surface area (Å²) in [5.74, 6) is -0.636. The van der Waals surface area contributed by atoms with E-state index in [2.05, 4.69) is 21.2 Å². The van der Waals surface area contributed by atoms with Crippen molar-refractivity contribution in [2.45, 2.75) is 12.5 Å². The van der Waals surface area contributed by atoms with Crippen molar-refractivity contribution in [2.75, 3.05) is 12.0 Å². The van der Waals surface area contributed by atoms with Crippen LogP contribution in [-0.4, -0.2) is 35.0 Å². The van der Waals surface area contributed by atoms with Crippen LogP contribution >= 0.6 is 39.0 Å². The predicted octanol–water partition coefficient (Wildman–Crippen LogP) is 2.45. The van der Waals surface area contributed by atoms with Gasteiger partial charge in [0.1, 0.15) is 6.04 Å². The molecule has 0 aliphatic heterocycles. The zero-order valence-electron chi connectivity index (χ0n) is 9.10. The van der Waals surface area contributed by atoms with Crippen molar-refractivity contribution in [3.8, 4) is 0 Å². The Hall–Kier alpha value is -0.530. The smallest absolute Gasteiger partial charge is 0.326 e. The topological polar surface area (TPSA) is 66.4 Å². The maximum atomic E-state index is 11.7. The van der Waals surface area contributed by atoms with Gasteiger partial charge < -0.3 is 10.4 Å². The van der Waals surface area contributed by atoms with Gasteiger partial charge in [0, 0.05) is 0 Å². The lowest BCUT2D eigenvalue weighted by molar-refractivity contribution is -0.139. The summed E-state index contributed by atoms with van der Waals surface area (Å²) < 4.78 is 0.846. The predicted molar refractivity (Wildman–Crippen MR) is 73.9 cm³/mol. The highest BCUT2D eigenvalue weighted by atomic mass is 79.9. The van der Waals surface area contributed by atoms with E-state index >= 15 is 0 Å². The third-order valence-corrected chi connectivity index (χ3v) is 4.28. The summed E-state index contributed by atoms with van der Waals surface area (Å²) in [6.07, 6.45) is 2.33. The number of hydrogen-bond acceptors (Lipinski definition) is 4. The summed E-state index contributed by atoms with van der Waals surface area (Å²) in [6.45, 7) is 0. The molecule has 0 saturated carbocycles. The first kappa shape index (κ1) is 14.5. The summed E-state index contributed by atoms with van der Waals surface area (Å²) in [4.78, 5) is 23.2. The van der Waals surface area contributed by atoms with Gasteiger partial charge in [0.2, 0.25) is 0 Å². The number of nitrogens with one attached hydrogen (secondary N) is 1. The van der Waals surface area contributed by atoms with Gasteiger partial charge in [-0.25, -0.2) is 4.79 Å². The Kier molecular flexibility index (Phi) is 6.01. The Morgan fingerprint density at radius 3 is 2.76 bits per heavy atom. The minimum absolute atomic E-state index is 0.339. The second-order valence-corrected chi connectivity index (χ2v) is 6.70. The lowest BCUT2D eigenvalue weighted by atomic mass is 10.2. The van der Waals surface area contributed by atoms with Crippen LogP contribution in [0.25, 0.3) is 0 Å². The fraction of sp³-hybridized carbons (Fsp3) is 0.400. The van der Waals surface area contributed by atoms with Crippen LogP contribution in [0.15, 0.2) is 15.9 Å². The molecule has 1 atom stereocenters. The number of thioether (sulfide) groups is 1. The minimum Gasteiger partial charge on any atom is -0.480 e. The van der Waals surface area contributed by atoms with E-state index in [1.165, 1.54) is 11.3 Å². The SMILES string of the molecule is CSCCC(NC(=O)c1ccc(Br)s1)C(=O)O. The van der Waals surface area contributed by atoms with Gasteiger partial charge in [0.05, 0.1) is 8.66 Å². The lowest BCUT2D eigenvalue weighted by Crippen LogP contribution is -2.40. The summed E-state index contributed by atoms with van der Waals surface area (Å²) in [5.41, 5.74) is 0. The van der Waals surface area contributed by atoms with E-state index < -0.39 is 12.0 Å². The Bertz CT molecular complexity index is 408. The number of rotatable bonds is 6. The summed E-state index contributed by atoms with van der Waals surface area (Å²) in [7, 11) is 0. The van der Waals surface area contributed by atoms with E-state index in [0.29, 0.717) is 17.1 Å². The van der Waals surface area contributed by atoms with Crippen LogP contribution in [0.4, 0.5) is 0 Å². The molecule has 0 aliphatic rings. The Morgan fingerprint density at radius 1 is 1.59 bits per heavy atom. The van der Waals surface area contributed by atoms with Gasteiger partial charge in [-0.1, -0.05) is 0 Å². The number of carbonyl (C=O) groups is 2. The van der Waals surface area contributed by atoms with Gasteiger partial charge in [-0.05, 0) is 46.5 Å². The molecule has 2 N–H and O–H groups in total. The first-order valence-corrected chi connectivity index (χ1v) is 7.83. The highest BCUT2D eigenvalue weighted by molar-refractivity contribution is 9.11. The fourth-order valence-electron chi connectivity index (χ4n) is 1.16. The molecular weight excluding hydrogens is 326 g/mol. The number of amides is 1. The van der Waals surface area contributed by atoms with E-state index in [4.69, 9.17) is 5.11 Å². The summed E-state index contributed by atoms with van der Waals surface area (Å²) in [6, 6.07) is 2.60. The number of carboxylic acid groups (broad SMARTS) is 1. The first-order valence-electron chi connectivity index (χ1n) is 4.82. The van der Waals surface area contributed by atoms with Crippen molar-refractivity contribution in [2.24, 2.45) is 0 Å². The van der Waals surface area contributed by atoms with Crippen molar-refractivity contribution in [3.05, 3.63) is 20.8 Å². The van der Waals surface area contributed by atoms with Crippen LogP contribution in [0.3, 0.4) is 0 Å². The number of carbonyl (C=O) groups excluding carboxylic acids is 1. The van der Waals surface area contributed by atoms with Crippen molar-refractivity contribution in [1.29, 1.82) is 0 Å². The summed E-state index contributed by atoms with van der Waals surface area (Å²) >= 11 is 6.09. The number of thiophene rings is 1. The third kappa shape index (κ3) is 4.69. The van der Waals surface area contributed by atoms with Crippen LogP contribution in [0.2, 0.25) is 0 Å². The van der Waals surface area contributed by atoms with Crippen LogP contribution < -0.4 is 5.32 Å². The highest BCUT2D eigenvalue weighted by Crippen LogP contribution is 2.22. The number of halogens is 1. The molecule has 1 amide bonds. The molecular formula is C10H12BrNO3S2. The Labute approximate surface area is 116 Å². The van der Waals surface area contributed by atoms with Crippen molar-refractivity contribution in [3.63, 3.8) is 0 Å². The molecule has 1 heterocycles. The molecule has 0 spiro atoms. The lowest BCUT2D eigenvalue weighted by Gasteiger charge is -2.12. The molecule has 0 saturated heterocycles. The normalized spacial score (nSPS) is 12.1. The Balaban J connectivity index is 2.60. The third-order valence-electron chi connectivity index (χ3n) is 2.01. The van der Waals surface area contributed by atoms with Crippen molar-refractivity contribution in [1.82, 2.24) is 5.32 Å². The molecule has 4 nitrogen and oxygen atoms in total. The molecule has 0 bridgehead atoms. The molecule has 7 heteroatoms. The van der Waals surface area contributed by atoms with Gasteiger partial charge in [-0.15, -0.1) is 11.3 Å². The molecule has 0 fully saturated rings. The monoisotopic (exact) mass is 337 g/mol. The molecule has 1 aromatic rings. The number of aliphatic carboxylic acids is 1. The van der Waals surface area contributed by atoms with E-state index in [1.54, 1.807) is 23.9 Å². The van der Waals surface area contributed by atoms with Gasteiger partial charge in [-0.3, -0.25) is 4.79 Å². The van der Waals surface area contributed by atoms with Gasteiger partial charge >= 0.3 is 5.97 Å². The maximum Gasteiger partial charge on any atom is 0.326 e. The van der Waals surface area contributed by atoms with E-state index in [9.17, 15) is 9.59 Å². The zero-order valence-corrected chi connectivity index (χ0v) is 12.3. The first-order chi connectivity index (χ1) is 8.04. The van der Waals surface area contributed by atoms with Crippen LogP contribution in [0.5, 0.6) is 0 Å². The fourth-order valence-corrected chi connectivity index (χ4v) is 2.92. The standard InChI is InChI=1S/C10H12BrNO3S2/c1-16-5-4-6(10(14)15)12-9(13)7-2-3-8(11)17-7/h2-3,6H,4-5H2,1H3,(H,12,13)(H,14,15). The van der Waals surface area contributed by atoms with Crippen LogP contribution in [0.1, 0.15) is 16.1 Å². The van der Waals surface area contributed by atoms with E-state index in [0.717, 1.165) is 3.79 Å².